The van der Waals surface area contributed by atoms with E-state index in [9.17, 15) is 14.9 Å². The van der Waals surface area contributed by atoms with Gasteiger partial charge in [-0.3, -0.25) is 14.9 Å². The number of aromatic nitrogens is 1. The Bertz CT molecular complexity index is 739. The van der Waals surface area contributed by atoms with E-state index in [1.54, 1.807) is 7.11 Å². The molecule has 0 spiro atoms. The SMILES string of the molecule is COc1ccccc1C1(C(=O)Nc2ncc([N+](=O)[O-])s2)CC1. The Balaban J connectivity index is 1.83. The van der Waals surface area contributed by atoms with E-state index in [0.717, 1.165) is 23.1 Å². The van der Waals surface area contributed by atoms with Gasteiger partial charge in [0.1, 0.15) is 11.9 Å². The van der Waals surface area contributed by atoms with Gasteiger partial charge >= 0.3 is 5.00 Å². The Labute approximate surface area is 130 Å². The Morgan fingerprint density at radius 3 is 2.77 bits per heavy atom. The van der Waals surface area contributed by atoms with Gasteiger partial charge < -0.3 is 10.1 Å². The lowest BCUT2D eigenvalue weighted by molar-refractivity contribution is -0.380. The Morgan fingerprint density at radius 2 is 2.18 bits per heavy atom. The molecule has 1 heterocycles. The summed E-state index contributed by atoms with van der Waals surface area (Å²) >= 11 is 0.845. The lowest BCUT2D eigenvalue weighted by atomic mass is 9.94. The van der Waals surface area contributed by atoms with Crippen molar-refractivity contribution in [1.29, 1.82) is 0 Å². The van der Waals surface area contributed by atoms with Crippen LogP contribution in [-0.2, 0) is 10.2 Å². The molecule has 8 heteroatoms. The third-order valence-electron chi connectivity index (χ3n) is 3.70. The van der Waals surface area contributed by atoms with Gasteiger partial charge in [0.2, 0.25) is 5.91 Å². The first kappa shape index (κ1) is 14.5. The minimum atomic E-state index is -0.632. The zero-order valence-electron chi connectivity index (χ0n) is 11.7. The summed E-state index contributed by atoms with van der Waals surface area (Å²) in [5.74, 6) is 0.460. The van der Waals surface area contributed by atoms with Gasteiger partial charge in [-0.2, -0.15) is 0 Å². The fourth-order valence-corrected chi connectivity index (χ4v) is 3.04. The normalized spacial score (nSPS) is 15.1. The van der Waals surface area contributed by atoms with E-state index in [4.69, 9.17) is 4.74 Å². The largest absolute Gasteiger partial charge is 0.496 e. The van der Waals surface area contributed by atoms with Crippen LogP contribution in [0, 0.1) is 10.1 Å². The summed E-state index contributed by atoms with van der Waals surface area (Å²) < 4.78 is 5.33. The number of rotatable bonds is 5. The molecule has 114 valence electrons. The molecule has 0 atom stereocenters. The van der Waals surface area contributed by atoms with E-state index in [-0.39, 0.29) is 16.0 Å². The highest BCUT2D eigenvalue weighted by Crippen LogP contribution is 2.52. The third-order valence-corrected chi connectivity index (χ3v) is 4.57. The number of ether oxygens (including phenoxy) is 1. The highest BCUT2D eigenvalue weighted by Gasteiger charge is 2.53. The lowest BCUT2D eigenvalue weighted by Crippen LogP contribution is -2.28. The molecule has 0 aliphatic heterocycles. The maximum atomic E-state index is 12.6. The van der Waals surface area contributed by atoms with Gasteiger partial charge in [0.05, 0.1) is 17.4 Å². The van der Waals surface area contributed by atoms with Crippen LogP contribution in [0.4, 0.5) is 10.1 Å². The van der Waals surface area contributed by atoms with Gasteiger partial charge in [0.15, 0.2) is 5.13 Å². The molecular formula is C14H13N3O4S. The number of amides is 1. The van der Waals surface area contributed by atoms with E-state index in [1.807, 2.05) is 24.3 Å². The van der Waals surface area contributed by atoms with Gasteiger partial charge in [-0.05, 0) is 30.2 Å². The van der Waals surface area contributed by atoms with Crippen molar-refractivity contribution in [3.8, 4) is 5.75 Å². The summed E-state index contributed by atoms with van der Waals surface area (Å²) in [6.07, 6.45) is 2.57. The predicted molar refractivity (Wildman–Crippen MR) is 81.3 cm³/mol. The predicted octanol–water partition coefficient (Wildman–Crippen LogP) is 2.73. The van der Waals surface area contributed by atoms with Crippen LogP contribution < -0.4 is 10.1 Å². The molecule has 1 saturated carbocycles. The average Bonchev–Trinajstić information content (AvgIpc) is 3.20. The van der Waals surface area contributed by atoms with Crippen LogP contribution in [0.1, 0.15) is 18.4 Å². The molecule has 2 aromatic rings. The van der Waals surface area contributed by atoms with Crippen molar-refractivity contribution >= 4 is 27.4 Å². The molecule has 22 heavy (non-hydrogen) atoms. The quantitative estimate of drug-likeness (QED) is 0.675. The zero-order chi connectivity index (χ0) is 15.7. The molecular weight excluding hydrogens is 306 g/mol. The van der Waals surface area contributed by atoms with Gasteiger partial charge in [0, 0.05) is 5.56 Å². The summed E-state index contributed by atoms with van der Waals surface area (Å²) in [4.78, 5) is 26.6. The van der Waals surface area contributed by atoms with E-state index >= 15 is 0 Å². The van der Waals surface area contributed by atoms with Crippen molar-refractivity contribution in [3.05, 3.63) is 46.1 Å². The Hall–Kier alpha value is -2.48. The maximum absolute atomic E-state index is 12.6. The van der Waals surface area contributed by atoms with Gasteiger partial charge in [-0.25, -0.2) is 4.98 Å². The van der Waals surface area contributed by atoms with Crippen LogP contribution in [0.2, 0.25) is 0 Å². The molecule has 1 N–H and O–H groups in total. The van der Waals surface area contributed by atoms with Crippen LogP contribution in [0.5, 0.6) is 5.75 Å². The number of nitro groups is 1. The molecule has 0 bridgehead atoms. The molecule has 3 rings (SSSR count). The number of hydrogen-bond donors (Lipinski definition) is 1. The van der Waals surface area contributed by atoms with Crippen molar-refractivity contribution in [3.63, 3.8) is 0 Å². The fourth-order valence-electron chi connectivity index (χ4n) is 2.41. The Morgan fingerprint density at radius 1 is 1.45 bits per heavy atom. The van der Waals surface area contributed by atoms with Crippen molar-refractivity contribution < 1.29 is 14.5 Å². The summed E-state index contributed by atoms with van der Waals surface area (Å²) in [6.45, 7) is 0. The van der Waals surface area contributed by atoms with Gasteiger partial charge in [0.25, 0.3) is 0 Å². The van der Waals surface area contributed by atoms with E-state index in [2.05, 4.69) is 10.3 Å². The number of carbonyl (C=O) groups excluding carboxylic acids is 1. The van der Waals surface area contributed by atoms with Crippen molar-refractivity contribution in [2.75, 3.05) is 12.4 Å². The first-order chi connectivity index (χ1) is 10.6. The maximum Gasteiger partial charge on any atom is 0.345 e. The second kappa shape index (κ2) is 5.38. The van der Waals surface area contributed by atoms with Crippen LogP contribution in [0.3, 0.4) is 0 Å². The first-order valence-electron chi connectivity index (χ1n) is 6.62. The van der Waals surface area contributed by atoms with Crippen LogP contribution in [0.25, 0.3) is 0 Å². The Kier molecular flexibility index (Phi) is 3.53. The lowest BCUT2D eigenvalue weighted by Gasteiger charge is -2.17. The van der Waals surface area contributed by atoms with E-state index < -0.39 is 10.3 Å². The second-order valence-corrected chi connectivity index (χ2v) is 6.01. The van der Waals surface area contributed by atoms with Crippen molar-refractivity contribution in [2.24, 2.45) is 0 Å². The molecule has 1 aromatic heterocycles. The number of carbonyl (C=O) groups is 1. The number of hydrogen-bond acceptors (Lipinski definition) is 6. The summed E-state index contributed by atoms with van der Waals surface area (Å²) in [5.41, 5.74) is 0.202. The molecule has 0 unspecified atom stereocenters. The number of para-hydroxylation sites is 1. The number of thiazole rings is 1. The van der Waals surface area contributed by atoms with Gasteiger partial charge in [-0.1, -0.05) is 18.2 Å². The minimum absolute atomic E-state index is 0.0996. The van der Waals surface area contributed by atoms with E-state index in [0.29, 0.717) is 18.6 Å². The fraction of sp³-hybridized carbons (Fsp3) is 0.286. The van der Waals surface area contributed by atoms with Crippen LogP contribution >= 0.6 is 11.3 Å². The van der Waals surface area contributed by atoms with Crippen LogP contribution in [0.15, 0.2) is 30.5 Å². The summed E-state index contributed by atoms with van der Waals surface area (Å²) in [6, 6.07) is 7.40. The standard InChI is InChI=1S/C14H13N3O4S/c1-21-10-5-3-2-4-9(10)14(6-7-14)12(18)16-13-15-8-11(22-13)17(19)20/h2-5,8H,6-7H2,1H3,(H,15,16,18). The molecule has 1 aliphatic rings. The first-order valence-corrected chi connectivity index (χ1v) is 7.43. The number of methoxy groups -OCH3 is 1. The topological polar surface area (TPSA) is 94.4 Å². The second-order valence-electron chi connectivity index (χ2n) is 5.00. The minimum Gasteiger partial charge on any atom is -0.496 e. The van der Waals surface area contributed by atoms with Crippen molar-refractivity contribution in [2.45, 2.75) is 18.3 Å². The van der Waals surface area contributed by atoms with Crippen LogP contribution in [-0.4, -0.2) is 22.9 Å². The molecule has 1 fully saturated rings. The molecule has 1 amide bonds. The molecule has 7 nitrogen and oxygen atoms in total. The number of benzene rings is 1. The average molecular weight is 319 g/mol. The number of anilines is 1. The molecule has 1 aromatic carbocycles. The summed E-state index contributed by atoms with van der Waals surface area (Å²) in [7, 11) is 1.57. The highest BCUT2D eigenvalue weighted by molar-refractivity contribution is 7.18. The number of nitrogens with one attached hydrogen (secondary N) is 1. The van der Waals surface area contributed by atoms with E-state index in [1.165, 1.54) is 0 Å². The van der Waals surface area contributed by atoms with Gasteiger partial charge in [-0.15, -0.1) is 0 Å². The summed E-state index contributed by atoms with van der Waals surface area (Å²) in [5, 5.41) is 13.5. The smallest absolute Gasteiger partial charge is 0.345 e. The van der Waals surface area contributed by atoms with Crippen molar-refractivity contribution in [1.82, 2.24) is 4.98 Å². The number of nitrogens with zero attached hydrogens (tertiary/aromatic N) is 2. The molecule has 0 saturated heterocycles. The highest BCUT2D eigenvalue weighted by atomic mass is 32.1. The molecule has 1 aliphatic carbocycles. The third kappa shape index (κ3) is 2.41. The molecule has 0 radical (unpaired) electrons. The zero-order valence-corrected chi connectivity index (χ0v) is 12.6. The monoisotopic (exact) mass is 319 g/mol.